The van der Waals surface area contributed by atoms with Crippen molar-refractivity contribution < 1.29 is 14.0 Å². The van der Waals surface area contributed by atoms with E-state index in [1.807, 2.05) is 17.9 Å². The van der Waals surface area contributed by atoms with Crippen LogP contribution in [0.25, 0.3) is 11.7 Å². The van der Waals surface area contributed by atoms with E-state index in [2.05, 4.69) is 0 Å². The summed E-state index contributed by atoms with van der Waals surface area (Å²) in [7, 11) is 0. The van der Waals surface area contributed by atoms with E-state index < -0.39 is 0 Å². The first-order valence-corrected chi connectivity index (χ1v) is 12.4. The van der Waals surface area contributed by atoms with Gasteiger partial charge in [0.25, 0.3) is 11.5 Å². The molecule has 0 radical (unpaired) electrons. The van der Waals surface area contributed by atoms with Crippen molar-refractivity contribution >= 4 is 57.7 Å². The molecular formula is C24H23N5O4S2. The van der Waals surface area contributed by atoms with Crippen molar-refractivity contribution in [1.29, 1.82) is 0 Å². The smallest absolute Gasteiger partial charge is 0.267 e. The summed E-state index contributed by atoms with van der Waals surface area (Å²) in [5, 5.41) is 0. The minimum absolute atomic E-state index is 0.197. The maximum atomic E-state index is 13.6. The second-order valence-corrected chi connectivity index (χ2v) is 10.3. The fourth-order valence-electron chi connectivity index (χ4n) is 4.32. The summed E-state index contributed by atoms with van der Waals surface area (Å²) in [6.45, 7) is 3.18. The van der Waals surface area contributed by atoms with Gasteiger partial charge in [-0.15, -0.1) is 0 Å². The maximum Gasteiger partial charge on any atom is 0.267 e. The SMILES string of the molecule is Cc1ccc2nc(N3CCC(C(N)=O)CC3)c(/C=C3/SC(=S)N(Cc4ccco4)C3=O)c(=O)n2c1. The Morgan fingerprint density at radius 3 is 2.74 bits per heavy atom. The molecule has 2 fully saturated rings. The Morgan fingerprint density at radius 1 is 1.29 bits per heavy atom. The number of thioether (sulfide) groups is 1. The largest absolute Gasteiger partial charge is 0.467 e. The number of carbonyl (C=O) groups is 2. The lowest BCUT2D eigenvalue weighted by Gasteiger charge is -2.32. The molecule has 0 aliphatic carbocycles. The van der Waals surface area contributed by atoms with Crippen LogP contribution < -0.4 is 16.2 Å². The summed E-state index contributed by atoms with van der Waals surface area (Å²) in [6.07, 6.45) is 6.01. The van der Waals surface area contributed by atoms with Crippen LogP contribution in [0.4, 0.5) is 5.82 Å². The Kier molecular flexibility index (Phi) is 6.20. The summed E-state index contributed by atoms with van der Waals surface area (Å²) >= 11 is 6.59. The van der Waals surface area contributed by atoms with Crippen LogP contribution in [-0.4, -0.2) is 43.5 Å². The Bertz CT molecular complexity index is 1420. The average Bonchev–Trinajstić information content (AvgIpc) is 3.45. The lowest BCUT2D eigenvalue weighted by molar-refractivity contribution is -0.123. The summed E-state index contributed by atoms with van der Waals surface area (Å²) in [4.78, 5) is 47.0. The number of aromatic nitrogens is 2. The van der Waals surface area contributed by atoms with Crippen LogP contribution in [0.3, 0.4) is 0 Å². The Balaban J connectivity index is 1.56. The molecule has 5 heterocycles. The molecule has 0 aromatic carbocycles. The van der Waals surface area contributed by atoms with Crippen LogP contribution in [-0.2, 0) is 16.1 Å². The first-order chi connectivity index (χ1) is 16.8. The number of anilines is 1. The number of aryl methyl sites for hydroxylation is 1. The Labute approximate surface area is 210 Å². The molecule has 2 amide bonds. The minimum Gasteiger partial charge on any atom is -0.467 e. The van der Waals surface area contributed by atoms with Crippen molar-refractivity contribution in [3.8, 4) is 0 Å². The zero-order valence-corrected chi connectivity index (χ0v) is 20.6. The molecule has 0 unspecified atom stereocenters. The van der Waals surface area contributed by atoms with Gasteiger partial charge in [0, 0.05) is 25.2 Å². The van der Waals surface area contributed by atoms with E-state index in [9.17, 15) is 14.4 Å². The lowest BCUT2D eigenvalue weighted by atomic mass is 9.96. The fraction of sp³-hybridized carbons (Fsp3) is 0.292. The van der Waals surface area contributed by atoms with E-state index in [1.165, 1.54) is 9.30 Å². The van der Waals surface area contributed by atoms with Gasteiger partial charge in [-0.05, 0) is 49.6 Å². The van der Waals surface area contributed by atoms with Gasteiger partial charge in [0.2, 0.25) is 5.91 Å². The van der Waals surface area contributed by atoms with Gasteiger partial charge in [0.15, 0.2) is 0 Å². The number of carbonyl (C=O) groups excluding carboxylic acids is 2. The number of amides is 2. The number of nitrogens with zero attached hydrogens (tertiary/aromatic N) is 4. The number of rotatable bonds is 5. The Hall–Kier alpha value is -3.44. The van der Waals surface area contributed by atoms with Crippen molar-refractivity contribution in [3.63, 3.8) is 0 Å². The van der Waals surface area contributed by atoms with E-state index in [4.69, 9.17) is 27.4 Å². The van der Waals surface area contributed by atoms with Crippen LogP contribution in [0.1, 0.15) is 29.7 Å². The monoisotopic (exact) mass is 509 g/mol. The van der Waals surface area contributed by atoms with Gasteiger partial charge >= 0.3 is 0 Å². The predicted molar refractivity (Wildman–Crippen MR) is 138 cm³/mol. The van der Waals surface area contributed by atoms with Crippen LogP contribution >= 0.6 is 24.0 Å². The highest BCUT2D eigenvalue weighted by atomic mass is 32.2. The van der Waals surface area contributed by atoms with Crippen molar-refractivity contribution in [3.05, 3.63) is 68.9 Å². The van der Waals surface area contributed by atoms with E-state index in [1.54, 1.807) is 36.7 Å². The van der Waals surface area contributed by atoms with E-state index >= 15 is 0 Å². The van der Waals surface area contributed by atoms with Crippen LogP contribution in [0.5, 0.6) is 0 Å². The number of hydrogen-bond donors (Lipinski definition) is 1. The molecule has 2 aliphatic heterocycles. The second-order valence-electron chi connectivity index (χ2n) is 8.60. The third-order valence-corrected chi connectivity index (χ3v) is 7.60. The predicted octanol–water partition coefficient (Wildman–Crippen LogP) is 2.70. The number of thiocarbonyl (C=S) groups is 1. The molecule has 5 rings (SSSR count). The van der Waals surface area contributed by atoms with Crippen molar-refractivity contribution in [2.45, 2.75) is 26.3 Å². The first-order valence-electron chi connectivity index (χ1n) is 11.2. The lowest BCUT2D eigenvalue weighted by Crippen LogP contribution is -2.40. The molecule has 0 saturated carbocycles. The number of furan rings is 1. The highest BCUT2D eigenvalue weighted by Gasteiger charge is 2.34. The molecular weight excluding hydrogens is 486 g/mol. The fourth-order valence-corrected chi connectivity index (χ4v) is 5.55. The number of primary amides is 1. The van der Waals surface area contributed by atoms with Crippen molar-refractivity contribution in [2.24, 2.45) is 11.7 Å². The molecule has 35 heavy (non-hydrogen) atoms. The molecule has 0 bridgehead atoms. The number of hydrogen-bond acceptors (Lipinski definition) is 8. The second kappa shape index (κ2) is 9.31. The topological polar surface area (TPSA) is 114 Å². The highest BCUT2D eigenvalue weighted by molar-refractivity contribution is 8.26. The van der Waals surface area contributed by atoms with Crippen molar-refractivity contribution in [2.75, 3.05) is 18.0 Å². The summed E-state index contributed by atoms with van der Waals surface area (Å²) in [6, 6.07) is 7.21. The van der Waals surface area contributed by atoms with Crippen LogP contribution in [0, 0.1) is 12.8 Å². The zero-order chi connectivity index (χ0) is 24.7. The maximum absolute atomic E-state index is 13.6. The normalized spacial score (nSPS) is 18.3. The minimum atomic E-state index is -0.313. The number of pyridine rings is 1. The molecule has 11 heteroatoms. The van der Waals surface area contributed by atoms with Gasteiger partial charge in [-0.25, -0.2) is 4.98 Å². The average molecular weight is 510 g/mol. The number of piperidine rings is 1. The molecule has 2 saturated heterocycles. The van der Waals surface area contributed by atoms with E-state index in [0.717, 1.165) is 17.3 Å². The van der Waals surface area contributed by atoms with Crippen molar-refractivity contribution in [1.82, 2.24) is 14.3 Å². The summed E-state index contributed by atoms with van der Waals surface area (Å²) in [5.41, 5.74) is 6.94. The molecule has 2 aliphatic rings. The van der Waals surface area contributed by atoms with Gasteiger partial charge in [0.1, 0.15) is 21.5 Å². The number of fused-ring (bicyclic) bond motifs is 1. The molecule has 180 valence electrons. The molecule has 3 aromatic heterocycles. The van der Waals surface area contributed by atoms with Gasteiger partial charge < -0.3 is 15.1 Å². The standard InChI is InChI=1S/C24H23N5O4S2/c1-14-4-5-19-26-21(27-8-6-15(7-9-27)20(25)30)17(22(31)28(19)12-14)11-18-23(32)29(24(34)35-18)13-16-3-2-10-33-16/h2-5,10-12,15H,6-9,13H2,1H3,(H2,25,30)/b18-11+. The van der Waals surface area contributed by atoms with Gasteiger partial charge in [-0.1, -0.05) is 30.0 Å². The summed E-state index contributed by atoms with van der Waals surface area (Å²) in [5.74, 6) is 0.300. The highest BCUT2D eigenvalue weighted by Crippen LogP contribution is 2.35. The molecule has 0 spiro atoms. The van der Waals surface area contributed by atoms with Crippen LogP contribution in [0.2, 0.25) is 0 Å². The van der Waals surface area contributed by atoms with Crippen LogP contribution in [0.15, 0.2) is 50.8 Å². The third kappa shape index (κ3) is 4.48. The summed E-state index contributed by atoms with van der Waals surface area (Å²) < 4.78 is 7.25. The quantitative estimate of drug-likeness (QED) is 0.413. The van der Waals surface area contributed by atoms with Gasteiger partial charge in [-0.3, -0.25) is 23.7 Å². The molecule has 0 atom stereocenters. The molecule has 3 aromatic rings. The Morgan fingerprint density at radius 2 is 2.06 bits per heavy atom. The number of nitrogens with two attached hydrogens (primary N) is 1. The first kappa shape index (κ1) is 23.3. The third-order valence-electron chi connectivity index (χ3n) is 6.23. The molecule has 9 nitrogen and oxygen atoms in total. The zero-order valence-electron chi connectivity index (χ0n) is 19.0. The van der Waals surface area contributed by atoms with Gasteiger partial charge in [-0.2, -0.15) is 0 Å². The molecule has 2 N–H and O–H groups in total. The van der Waals surface area contributed by atoms with Gasteiger partial charge in [0.05, 0.1) is 23.3 Å². The van der Waals surface area contributed by atoms with E-state index in [-0.39, 0.29) is 29.8 Å². The van der Waals surface area contributed by atoms with E-state index in [0.29, 0.717) is 57.9 Å².